The van der Waals surface area contributed by atoms with E-state index >= 15 is 0 Å². The minimum atomic E-state index is 0.0646. The second-order valence-corrected chi connectivity index (χ2v) is 6.64. The van der Waals surface area contributed by atoms with E-state index in [-0.39, 0.29) is 24.7 Å². The van der Waals surface area contributed by atoms with Crippen molar-refractivity contribution in [3.05, 3.63) is 41.7 Å². The monoisotopic (exact) mass is 342 g/mol. The lowest BCUT2D eigenvalue weighted by Crippen LogP contribution is -2.29. The molecular formula is C18H22N4O3. The number of hydrogen-bond acceptors (Lipinski definition) is 5. The Morgan fingerprint density at radius 2 is 2.20 bits per heavy atom. The average Bonchev–Trinajstić information content (AvgIpc) is 3.29. The Morgan fingerprint density at radius 3 is 3.00 bits per heavy atom. The third-order valence-electron chi connectivity index (χ3n) is 4.96. The molecule has 3 heterocycles. The fourth-order valence-corrected chi connectivity index (χ4v) is 3.75. The molecule has 0 radical (unpaired) electrons. The van der Waals surface area contributed by atoms with E-state index in [1.54, 1.807) is 4.68 Å². The molecule has 2 atom stereocenters. The van der Waals surface area contributed by atoms with Crippen molar-refractivity contribution in [2.24, 2.45) is 13.0 Å². The lowest BCUT2D eigenvalue weighted by atomic mass is 9.95. The fourth-order valence-electron chi connectivity index (χ4n) is 3.75. The molecule has 0 spiro atoms. The van der Waals surface area contributed by atoms with Crippen molar-refractivity contribution in [3.8, 4) is 11.5 Å². The first-order valence-corrected chi connectivity index (χ1v) is 8.46. The fraction of sp³-hybridized carbons (Fsp3) is 0.444. The predicted molar refractivity (Wildman–Crippen MR) is 91.1 cm³/mol. The number of carbonyl (C=O) groups excluding carboxylic acids is 1. The zero-order valence-electron chi connectivity index (χ0n) is 14.4. The molecule has 1 aromatic heterocycles. The van der Waals surface area contributed by atoms with E-state index in [0.717, 1.165) is 29.2 Å². The first kappa shape index (κ1) is 16.0. The Balaban J connectivity index is 1.43. The minimum absolute atomic E-state index is 0.0646. The van der Waals surface area contributed by atoms with Gasteiger partial charge in [0.25, 0.3) is 0 Å². The molecule has 25 heavy (non-hydrogen) atoms. The van der Waals surface area contributed by atoms with Crippen LogP contribution in [0.2, 0.25) is 0 Å². The van der Waals surface area contributed by atoms with Crippen LogP contribution in [0, 0.1) is 5.92 Å². The predicted octanol–water partition coefficient (Wildman–Crippen LogP) is 1.46. The van der Waals surface area contributed by atoms with Gasteiger partial charge in [-0.2, -0.15) is 5.10 Å². The molecule has 4 rings (SSSR count). The molecule has 0 unspecified atom stereocenters. The summed E-state index contributed by atoms with van der Waals surface area (Å²) in [5, 5.41) is 7.73. The summed E-state index contributed by atoms with van der Waals surface area (Å²) in [5.41, 5.74) is 2.16. The Bertz CT molecular complexity index is 788. The number of rotatable bonds is 5. The van der Waals surface area contributed by atoms with E-state index in [1.807, 2.05) is 49.6 Å². The van der Waals surface area contributed by atoms with Crippen molar-refractivity contribution in [2.45, 2.75) is 19.0 Å². The van der Waals surface area contributed by atoms with Gasteiger partial charge in [-0.25, -0.2) is 0 Å². The topological polar surface area (TPSA) is 68.6 Å². The van der Waals surface area contributed by atoms with Crippen LogP contribution >= 0.6 is 0 Å². The number of benzene rings is 1. The van der Waals surface area contributed by atoms with E-state index in [0.29, 0.717) is 13.0 Å². The van der Waals surface area contributed by atoms with Gasteiger partial charge in [0.15, 0.2) is 11.5 Å². The molecule has 0 saturated carbocycles. The third kappa shape index (κ3) is 2.95. The van der Waals surface area contributed by atoms with E-state index in [1.165, 1.54) is 0 Å². The van der Waals surface area contributed by atoms with Crippen LogP contribution in [-0.4, -0.2) is 41.0 Å². The maximum absolute atomic E-state index is 12.2. The summed E-state index contributed by atoms with van der Waals surface area (Å²) in [4.78, 5) is 14.0. The van der Waals surface area contributed by atoms with Gasteiger partial charge in [-0.15, -0.1) is 0 Å². The zero-order chi connectivity index (χ0) is 17.4. The highest BCUT2D eigenvalue weighted by molar-refractivity contribution is 5.79. The normalized spacial score (nSPS) is 22.0. The first-order valence-electron chi connectivity index (χ1n) is 8.46. The number of carbonyl (C=O) groups is 1. The maximum Gasteiger partial charge on any atom is 0.231 e. The van der Waals surface area contributed by atoms with E-state index in [9.17, 15) is 4.79 Å². The number of aryl methyl sites for hydroxylation is 1. The van der Waals surface area contributed by atoms with Crippen LogP contribution in [0.25, 0.3) is 0 Å². The van der Waals surface area contributed by atoms with E-state index in [4.69, 9.17) is 9.47 Å². The number of ether oxygens (including phenoxy) is 2. The number of nitrogens with zero attached hydrogens (tertiary/aromatic N) is 3. The molecule has 1 N–H and O–H groups in total. The summed E-state index contributed by atoms with van der Waals surface area (Å²) >= 11 is 0. The Hall–Kier alpha value is -2.54. The van der Waals surface area contributed by atoms with Crippen LogP contribution in [0.4, 0.5) is 0 Å². The van der Waals surface area contributed by atoms with Crippen LogP contribution in [0.15, 0.2) is 30.6 Å². The van der Waals surface area contributed by atoms with Gasteiger partial charge in [-0.1, -0.05) is 12.1 Å². The SMILES string of the molecule is CN1C(=O)C[C@@H](CNCc2cccc3c2OCO3)[C@@H]1c1cnn(C)c1. The van der Waals surface area contributed by atoms with Crippen molar-refractivity contribution >= 4 is 5.91 Å². The highest BCUT2D eigenvalue weighted by atomic mass is 16.7. The van der Waals surface area contributed by atoms with Crippen molar-refractivity contribution in [3.63, 3.8) is 0 Å². The van der Waals surface area contributed by atoms with Gasteiger partial charge in [0.1, 0.15) is 0 Å². The molecular weight excluding hydrogens is 320 g/mol. The quantitative estimate of drug-likeness (QED) is 0.891. The Labute approximate surface area is 146 Å². The zero-order valence-corrected chi connectivity index (χ0v) is 14.4. The molecule has 1 fully saturated rings. The van der Waals surface area contributed by atoms with Gasteiger partial charge in [0.2, 0.25) is 12.7 Å². The lowest BCUT2D eigenvalue weighted by molar-refractivity contribution is -0.127. The maximum atomic E-state index is 12.2. The van der Waals surface area contributed by atoms with Crippen molar-refractivity contribution in [2.75, 3.05) is 20.4 Å². The summed E-state index contributed by atoms with van der Waals surface area (Å²) in [7, 11) is 3.76. The van der Waals surface area contributed by atoms with E-state index in [2.05, 4.69) is 10.4 Å². The smallest absolute Gasteiger partial charge is 0.231 e. The van der Waals surface area contributed by atoms with Gasteiger partial charge < -0.3 is 19.7 Å². The first-order chi connectivity index (χ1) is 12.1. The number of amides is 1. The molecule has 1 amide bonds. The van der Waals surface area contributed by atoms with Gasteiger partial charge >= 0.3 is 0 Å². The summed E-state index contributed by atoms with van der Waals surface area (Å²) < 4.78 is 12.7. The number of para-hydroxylation sites is 1. The molecule has 0 aliphatic carbocycles. The second-order valence-electron chi connectivity index (χ2n) is 6.64. The van der Waals surface area contributed by atoms with E-state index < -0.39 is 0 Å². The highest BCUT2D eigenvalue weighted by Gasteiger charge is 2.38. The van der Waals surface area contributed by atoms with Gasteiger partial charge in [0.05, 0.1) is 12.2 Å². The molecule has 2 aliphatic rings. The Kier molecular flexibility index (Phi) is 4.09. The summed E-state index contributed by atoms with van der Waals surface area (Å²) in [6, 6.07) is 5.98. The summed E-state index contributed by atoms with van der Waals surface area (Å²) in [5.74, 6) is 2.01. The molecule has 0 bridgehead atoms. The molecule has 132 valence electrons. The second kappa shape index (κ2) is 6.40. The number of hydrogen-bond donors (Lipinski definition) is 1. The number of likely N-dealkylation sites (tertiary alicyclic amines) is 1. The number of aromatic nitrogens is 2. The standard InChI is InChI=1S/C18H22N4O3/c1-21-10-14(9-20-21)17-13(6-16(23)22(17)2)8-19-7-12-4-3-5-15-18(12)25-11-24-15/h3-5,9-10,13,17,19H,6-8,11H2,1-2H3/t13-,17+/m0/s1. The molecule has 7 nitrogen and oxygen atoms in total. The molecule has 1 aromatic carbocycles. The third-order valence-corrected chi connectivity index (χ3v) is 4.96. The molecule has 2 aromatic rings. The van der Waals surface area contributed by atoms with Gasteiger partial charge in [-0.05, 0) is 6.07 Å². The largest absolute Gasteiger partial charge is 0.454 e. The van der Waals surface area contributed by atoms with Crippen molar-refractivity contribution in [1.29, 1.82) is 0 Å². The summed E-state index contributed by atoms with van der Waals surface area (Å²) in [6.07, 6.45) is 4.39. The average molecular weight is 342 g/mol. The van der Waals surface area contributed by atoms with Gasteiger partial charge in [0, 0.05) is 56.8 Å². The van der Waals surface area contributed by atoms with Crippen LogP contribution in [0.5, 0.6) is 11.5 Å². The van der Waals surface area contributed by atoms with Crippen molar-refractivity contribution < 1.29 is 14.3 Å². The minimum Gasteiger partial charge on any atom is -0.454 e. The van der Waals surface area contributed by atoms with Crippen LogP contribution < -0.4 is 14.8 Å². The highest BCUT2D eigenvalue weighted by Crippen LogP contribution is 2.37. The number of nitrogens with one attached hydrogen (secondary N) is 1. The number of fused-ring (bicyclic) bond motifs is 1. The molecule has 2 aliphatic heterocycles. The summed E-state index contributed by atoms with van der Waals surface area (Å²) in [6.45, 7) is 1.71. The van der Waals surface area contributed by atoms with Gasteiger partial charge in [-0.3, -0.25) is 9.48 Å². The van der Waals surface area contributed by atoms with Crippen LogP contribution in [0.3, 0.4) is 0 Å². The van der Waals surface area contributed by atoms with Crippen LogP contribution in [0.1, 0.15) is 23.6 Å². The Morgan fingerprint density at radius 1 is 1.32 bits per heavy atom. The van der Waals surface area contributed by atoms with Crippen molar-refractivity contribution in [1.82, 2.24) is 20.0 Å². The lowest BCUT2D eigenvalue weighted by Gasteiger charge is -2.24. The van der Waals surface area contributed by atoms with Crippen LogP contribution in [-0.2, 0) is 18.4 Å². The molecule has 1 saturated heterocycles. The molecule has 7 heteroatoms.